The molecular weight excluding hydrogens is 400 g/mol. The smallest absolute Gasteiger partial charge is 0.324 e. The zero-order valence-corrected chi connectivity index (χ0v) is 18.3. The van der Waals surface area contributed by atoms with Gasteiger partial charge in [-0.1, -0.05) is 32.0 Å². The normalized spacial score (nSPS) is 15.6. The molecule has 3 N–H and O–H groups in total. The molecule has 1 aromatic heterocycles. The maximum atomic E-state index is 12.6. The summed E-state index contributed by atoms with van der Waals surface area (Å²) in [7, 11) is 0. The Morgan fingerprint density at radius 2 is 1.80 bits per heavy atom. The fourth-order valence-corrected chi connectivity index (χ4v) is 4.29. The second-order valence-electron chi connectivity index (χ2n) is 7.75. The van der Waals surface area contributed by atoms with Crippen molar-refractivity contribution in [2.24, 2.45) is 5.92 Å². The van der Waals surface area contributed by atoms with E-state index in [0.29, 0.717) is 34.1 Å². The lowest BCUT2D eigenvalue weighted by Gasteiger charge is -2.35. The summed E-state index contributed by atoms with van der Waals surface area (Å²) in [6.07, 6.45) is 1.02. The zero-order chi connectivity index (χ0) is 21.3. The van der Waals surface area contributed by atoms with Crippen molar-refractivity contribution in [3.05, 3.63) is 47.3 Å². The van der Waals surface area contributed by atoms with Crippen LogP contribution in [0.25, 0.3) is 0 Å². The number of carbonyl (C=O) groups is 2. The molecule has 2 aromatic rings. The Morgan fingerprint density at radius 3 is 2.50 bits per heavy atom. The standard InChI is InChI=1S/C22H30N4O3S/c1-16(2)14-18(26-10-12-29-13-11-26)15-23-21(27)19-8-9-20(30-19)25-22(28)24-17-6-4-3-5-7-17/h3-9,16,18H,10-15H2,1-2H3,(H,23,27)(H2,24,25,28). The van der Waals surface area contributed by atoms with Gasteiger partial charge in [0.1, 0.15) is 0 Å². The third-order valence-corrected chi connectivity index (χ3v) is 5.90. The third-order valence-electron chi connectivity index (χ3n) is 4.90. The summed E-state index contributed by atoms with van der Waals surface area (Å²) in [4.78, 5) is 27.7. The average Bonchev–Trinajstić information content (AvgIpc) is 3.20. The van der Waals surface area contributed by atoms with Crippen molar-refractivity contribution < 1.29 is 14.3 Å². The molecule has 0 radical (unpaired) electrons. The summed E-state index contributed by atoms with van der Waals surface area (Å²) < 4.78 is 5.45. The van der Waals surface area contributed by atoms with Crippen molar-refractivity contribution in [1.82, 2.24) is 10.2 Å². The largest absolute Gasteiger partial charge is 0.379 e. The minimum atomic E-state index is -0.334. The van der Waals surface area contributed by atoms with Gasteiger partial charge in [-0.25, -0.2) is 4.79 Å². The quantitative estimate of drug-likeness (QED) is 0.594. The van der Waals surface area contributed by atoms with Crippen molar-refractivity contribution >= 4 is 34.0 Å². The van der Waals surface area contributed by atoms with Crippen molar-refractivity contribution in [2.45, 2.75) is 26.3 Å². The molecule has 8 heteroatoms. The van der Waals surface area contributed by atoms with E-state index >= 15 is 0 Å². The van der Waals surface area contributed by atoms with Gasteiger partial charge in [-0.2, -0.15) is 0 Å². The van der Waals surface area contributed by atoms with Crippen LogP contribution >= 0.6 is 11.3 Å². The van der Waals surface area contributed by atoms with Gasteiger partial charge >= 0.3 is 6.03 Å². The molecule has 0 spiro atoms. The summed E-state index contributed by atoms with van der Waals surface area (Å²) in [5.41, 5.74) is 0.712. The molecule has 162 valence electrons. The number of anilines is 2. The number of nitrogens with one attached hydrogen (secondary N) is 3. The van der Waals surface area contributed by atoms with Crippen LogP contribution in [0.4, 0.5) is 15.5 Å². The summed E-state index contributed by atoms with van der Waals surface area (Å²) >= 11 is 1.26. The first-order valence-corrected chi connectivity index (χ1v) is 11.2. The highest BCUT2D eigenvalue weighted by atomic mass is 32.1. The number of hydrogen-bond donors (Lipinski definition) is 3. The van der Waals surface area contributed by atoms with E-state index in [1.807, 2.05) is 30.3 Å². The Kier molecular flexibility index (Phi) is 8.24. The van der Waals surface area contributed by atoms with E-state index in [1.54, 1.807) is 12.1 Å². The first-order chi connectivity index (χ1) is 14.5. The first-order valence-electron chi connectivity index (χ1n) is 10.3. The molecule has 7 nitrogen and oxygen atoms in total. The summed E-state index contributed by atoms with van der Waals surface area (Å²) in [6.45, 7) is 8.29. The fraction of sp³-hybridized carbons (Fsp3) is 0.455. The van der Waals surface area contributed by atoms with Gasteiger partial charge < -0.3 is 15.4 Å². The molecule has 1 atom stereocenters. The average molecular weight is 431 g/mol. The fourth-order valence-electron chi connectivity index (χ4n) is 3.47. The van der Waals surface area contributed by atoms with Crippen LogP contribution in [0.1, 0.15) is 29.9 Å². The van der Waals surface area contributed by atoms with Crippen LogP contribution in [0.2, 0.25) is 0 Å². The molecule has 0 aliphatic carbocycles. The van der Waals surface area contributed by atoms with E-state index < -0.39 is 0 Å². The molecule has 1 aliphatic rings. The van der Waals surface area contributed by atoms with Crippen LogP contribution in [-0.4, -0.2) is 55.7 Å². The highest BCUT2D eigenvalue weighted by molar-refractivity contribution is 7.18. The van der Waals surface area contributed by atoms with Gasteiger partial charge in [-0.05, 0) is 36.6 Å². The Bertz CT molecular complexity index is 819. The van der Waals surface area contributed by atoms with Gasteiger partial charge in [0.05, 0.1) is 23.1 Å². The number of ether oxygens (including phenoxy) is 1. The van der Waals surface area contributed by atoms with E-state index in [9.17, 15) is 9.59 Å². The van der Waals surface area contributed by atoms with Crippen LogP contribution in [-0.2, 0) is 4.74 Å². The number of nitrogens with zero attached hydrogens (tertiary/aromatic N) is 1. The second-order valence-corrected chi connectivity index (χ2v) is 8.83. The van der Waals surface area contributed by atoms with E-state index in [2.05, 4.69) is 34.7 Å². The highest BCUT2D eigenvalue weighted by Crippen LogP contribution is 2.22. The van der Waals surface area contributed by atoms with E-state index in [0.717, 1.165) is 32.7 Å². The zero-order valence-electron chi connectivity index (χ0n) is 17.5. The van der Waals surface area contributed by atoms with Crippen LogP contribution in [0.15, 0.2) is 42.5 Å². The number of para-hydroxylation sites is 1. The number of carbonyl (C=O) groups excluding carboxylic acids is 2. The number of amides is 3. The predicted molar refractivity (Wildman–Crippen MR) is 121 cm³/mol. The van der Waals surface area contributed by atoms with E-state index in [1.165, 1.54) is 11.3 Å². The van der Waals surface area contributed by atoms with Crippen molar-refractivity contribution in [2.75, 3.05) is 43.5 Å². The Morgan fingerprint density at radius 1 is 1.07 bits per heavy atom. The minimum Gasteiger partial charge on any atom is -0.379 e. The van der Waals surface area contributed by atoms with Crippen LogP contribution in [0.5, 0.6) is 0 Å². The van der Waals surface area contributed by atoms with Gasteiger partial charge in [0.15, 0.2) is 0 Å². The lowest BCUT2D eigenvalue weighted by Crippen LogP contribution is -2.49. The Balaban J connectivity index is 1.51. The monoisotopic (exact) mass is 430 g/mol. The van der Waals surface area contributed by atoms with E-state index in [4.69, 9.17) is 4.74 Å². The van der Waals surface area contributed by atoms with Crippen molar-refractivity contribution in [3.63, 3.8) is 0 Å². The number of morpholine rings is 1. The van der Waals surface area contributed by atoms with Crippen LogP contribution in [0.3, 0.4) is 0 Å². The van der Waals surface area contributed by atoms with Crippen molar-refractivity contribution in [1.29, 1.82) is 0 Å². The van der Waals surface area contributed by atoms with Crippen LogP contribution in [0, 0.1) is 5.92 Å². The molecule has 3 rings (SSSR count). The maximum Gasteiger partial charge on any atom is 0.324 e. The topological polar surface area (TPSA) is 82.7 Å². The summed E-state index contributed by atoms with van der Waals surface area (Å²) in [5.74, 6) is 0.439. The number of hydrogen-bond acceptors (Lipinski definition) is 5. The molecular formula is C22H30N4O3S. The van der Waals surface area contributed by atoms with Gasteiger partial charge in [0.25, 0.3) is 5.91 Å². The highest BCUT2D eigenvalue weighted by Gasteiger charge is 2.23. The molecule has 30 heavy (non-hydrogen) atoms. The lowest BCUT2D eigenvalue weighted by atomic mass is 10.0. The van der Waals surface area contributed by atoms with Gasteiger partial charge in [0, 0.05) is 31.4 Å². The molecule has 1 saturated heterocycles. The first kappa shape index (κ1) is 22.3. The number of thiophene rings is 1. The predicted octanol–water partition coefficient (Wildman–Crippen LogP) is 3.87. The summed E-state index contributed by atoms with van der Waals surface area (Å²) in [5, 5.41) is 9.23. The van der Waals surface area contributed by atoms with Gasteiger partial charge in [0.2, 0.25) is 0 Å². The molecule has 0 saturated carbocycles. The van der Waals surface area contributed by atoms with Crippen LogP contribution < -0.4 is 16.0 Å². The molecule has 1 aliphatic heterocycles. The molecule has 3 amide bonds. The third kappa shape index (κ3) is 6.83. The number of urea groups is 1. The van der Waals surface area contributed by atoms with E-state index in [-0.39, 0.29) is 11.9 Å². The Labute approximate surface area is 181 Å². The van der Waals surface area contributed by atoms with Gasteiger partial charge in [-0.3, -0.25) is 15.0 Å². The Hall–Kier alpha value is -2.42. The number of benzene rings is 1. The molecule has 0 bridgehead atoms. The molecule has 1 aromatic carbocycles. The minimum absolute atomic E-state index is 0.112. The lowest BCUT2D eigenvalue weighted by molar-refractivity contribution is 0.0125. The molecule has 1 unspecified atom stereocenters. The molecule has 1 fully saturated rings. The molecule has 2 heterocycles. The second kappa shape index (κ2) is 11.1. The number of rotatable bonds is 8. The SMILES string of the molecule is CC(C)CC(CNC(=O)c1ccc(NC(=O)Nc2ccccc2)s1)N1CCOCC1. The van der Waals surface area contributed by atoms with Gasteiger partial charge in [-0.15, -0.1) is 11.3 Å². The van der Waals surface area contributed by atoms with Crippen molar-refractivity contribution in [3.8, 4) is 0 Å². The summed E-state index contributed by atoms with van der Waals surface area (Å²) in [6, 6.07) is 12.7. The maximum absolute atomic E-state index is 12.6.